The topological polar surface area (TPSA) is 18.5 Å². The maximum absolute atomic E-state index is 3.63. The molecule has 20 heavy (non-hydrogen) atoms. The summed E-state index contributed by atoms with van der Waals surface area (Å²) in [6.07, 6.45) is 0. The van der Waals surface area contributed by atoms with Crippen LogP contribution in [0.15, 0.2) is 17.5 Å². The van der Waals surface area contributed by atoms with Crippen molar-refractivity contribution in [1.29, 1.82) is 0 Å². The van der Waals surface area contributed by atoms with E-state index in [4.69, 9.17) is 0 Å². The monoisotopic (exact) mass is 295 g/mol. The van der Waals surface area contributed by atoms with Crippen molar-refractivity contribution in [2.24, 2.45) is 5.92 Å². The molecule has 0 saturated carbocycles. The van der Waals surface area contributed by atoms with Gasteiger partial charge < -0.3 is 10.2 Å². The third-order valence-electron chi connectivity index (χ3n) is 3.94. The normalized spacial score (nSPS) is 19.6. The van der Waals surface area contributed by atoms with Crippen LogP contribution in [0.25, 0.3) is 0 Å². The Morgan fingerprint density at radius 3 is 2.45 bits per heavy atom. The van der Waals surface area contributed by atoms with Crippen molar-refractivity contribution in [2.75, 3.05) is 45.8 Å². The van der Waals surface area contributed by atoms with Gasteiger partial charge in [-0.2, -0.15) is 0 Å². The smallest absolute Gasteiger partial charge is 0.0386 e. The number of hydrogen-bond donors (Lipinski definition) is 1. The Morgan fingerprint density at radius 1 is 1.15 bits per heavy atom. The van der Waals surface area contributed by atoms with E-state index in [0.717, 1.165) is 12.5 Å². The molecule has 2 rings (SSSR count). The summed E-state index contributed by atoms with van der Waals surface area (Å²) in [5.74, 6) is 0.787. The molecule has 1 aromatic rings. The van der Waals surface area contributed by atoms with Crippen LogP contribution in [0.2, 0.25) is 0 Å². The second-order valence-electron chi connectivity index (χ2n) is 6.23. The molecule has 1 atom stereocenters. The van der Waals surface area contributed by atoms with E-state index in [-0.39, 0.29) is 0 Å². The zero-order valence-electron chi connectivity index (χ0n) is 13.1. The average Bonchev–Trinajstić information content (AvgIpc) is 2.94. The molecule has 0 spiro atoms. The highest BCUT2D eigenvalue weighted by Crippen LogP contribution is 2.17. The number of nitrogens with one attached hydrogen (secondary N) is 1. The van der Waals surface area contributed by atoms with Gasteiger partial charge in [0.15, 0.2) is 0 Å². The minimum atomic E-state index is 0.484. The molecule has 3 nitrogen and oxygen atoms in total. The first-order chi connectivity index (χ1) is 9.65. The Kier molecular flexibility index (Phi) is 6.49. The molecule has 4 heteroatoms. The van der Waals surface area contributed by atoms with E-state index in [1.165, 1.54) is 44.1 Å². The van der Waals surface area contributed by atoms with Gasteiger partial charge in [-0.15, -0.1) is 11.3 Å². The number of nitrogens with zero attached hydrogens (tertiary/aromatic N) is 2. The Labute approximate surface area is 128 Å². The van der Waals surface area contributed by atoms with Crippen molar-refractivity contribution in [3.63, 3.8) is 0 Å². The van der Waals surface area contributed by atoms with Gasteiger partial charge >= 0.3 is 0 Å². The molecule has 0 bridgehead atoms. The van der Waals surface area contributed by atoms with E-state index in [9.17, 15) is 0 Å². The number of hydrogen-bond acceptors (Lipinski definition) is 4. The van der Waals surface area contributed by atoms with Crippen LogP contribution in [-0.2, 0) is 0 Å². The first-order valence-corrected chi connectivity index (χ1v) is 8.74. The largest absolute Gasteiger partial charge is 0.308 e. The molecule has 1 aliphatic heterocycles. The van der Waals surface area contributed by atoms with Gasteiger partial charge in [0.25, 0.3) is 0 Å². The molecule has 0 aliphatic carbocycles. The zero-order chi connectivity index (χ0) is 14.4. The third-order valence-corrected chi connectivity index (χ3v) is 4.99. The lowest BCUT2D eigenvalue weighted by Crippen LogP contribution is -2.48. The summed E-state index contributed by atoms with van der Waals surface area (Å²) >= 11 is 1.84. The molecule has 1 aromatic heterocycles. The number of rotatable bonds is 7. The summed E-state index contributed by atoms with van der Waals surface area (Å²) in [6, 6.07) is 4.83. The van der Waals surface area contributed by atoms with Gasteiger partial charge in [-0.1, -0.05) is 19.9 Å². The lowest BCUT2D eigenvalue weighted by molar-refractivity contribution is 0.122. The lowest BCUT2D eigenvalue weighted by atomic mass is 10.2. The fraction of sp³-hybridized carbons (Fsp3) is 0.750. The molecule has 0 amide bonds. The Hall–Kier alpha value is -0.420. The molecule has 1 aliphatic rings. The molecule has 114 valence electrons. The average molecular weight is 295 g/mol. The Balaban J connectivity index is 1.59. The summed E-state index contributed by atoms with van der Waals surface area (Å²) in [6.45, 7) is 15.3. The van der Waals surface area contributed by atoms with Crippen molar-refractivity contribution in [3.05, 3.63) is 22.4 Å². The van der Waals surface area contributed by atoms with Gasteiger partial charge in [0, 0.05) is 56.7 Å². The Bertz CT molecular complexity index is 356. The van der Waals surface area contributed by atoms with E-state index in [0.29, 0.717) is 6.04 Å². The SMILES string of the molecule is CC(C)CN1CCN(CCNC(C)c2cccs2)CC1. The maximum Gasteiger partial charge on any atom is 0.0386 e. The molecular formula is C16H29N3S. The molecule has 0 radical (unpaired) electrons. The van der Waals surface area contributed by atoms with Gasteiger partial charge in [-0.05, 0) is 24.3 Å². The third kappa shape index (κ3) is 5.17. The van der Waals surface area contributed by atoms with Crippen molar-refractivity contribution in [1.82, 2.24) is 15.1 Å². The van der Waals surface area contributed by atoms with Crippen molar-refractivity contribution >= 4 is 11.3 Å². The summed E-state index contributed by atoms with van der Waals surface area (Å²) in [7, 11) is 0. The lowest BCUT2D eigenvalue weighted by Gasteiger charge is -2.35. The van der Waals surface area contributed by atoms with Crippen LogP contribution in [0.1, 0.15) is 31.7 Å². The van der Waals surface area contributed by atoms with Crippen LogP contribution in [0.5, 0.6) is 0 Å². The van der Waals surface area contributed by atoms with Crippen LogP contribution in [0, 0.1) is 5.92 Å². The molecule has 1 fully saturated rings. The minimum Gasteiger partial charge on any atom is -0.308 e. The molecule has 0 aromatic carbocycles. The number of thiophene rings is 1. The van der Waals surface area contributed by atoms with Crippen LogP contribution >= 0.6 is 11.3 Å². The highest BCUT2D eigenvalue weighted by atomic mass is 32.1. The molecule has 1 unspecified atom stereocenters. The van der Waals surface area contributed by atoms with Gasteiger partial charge in [0.2, 0.25) is 0 Å². The van der Waals surface area contributed by atoms with Crippen LogP contribution in [0.4, 0.5) is 0 Å². The van der Waals surface area contributed by atoms with Crippen molar-refractivity contribution in [2.45, 2.75) is 26.8 Å². The molecule has 2 heterocycles. The summed E-state index contributed by atoms with van der Waals surface area (Å²) in [5.41, 5.74) is 0. The van der Waals surface area contributed by atoms with Gasteiger partial charge in [-0.25, -0.2) is 0 Å². The minimum absolute atomic E-state index is 0.484. The van der Waals surface area contributed by atoms with Crippen molar-refractivity contribution < 1.29 is 0 Å². The van der Waals surface area contributed by atoms with E-state index >= 15 is 0 Å². The summed E-state index contributed by atoms with van der Waals surface area (Å²) in [5, 5.41) is 5.79. The molecule has 1 N–H and O–H groups in total. The maximum atomic E-state index is 3.63. The first kappa shape index (κ1) is 16.0. The highest BCUT2D eigenvalue weighted by Gasteiger charge is 2.17. The molecular weight excluding hydrogens is 266 g/mol. The van der Waals surface area contributed by atoms with E-state index < -0.39 is 0 Å². The fourth-order valence-electron chi connectivity index (χ4n) is 2.79. The van der Waals surface area contributed by atoms with Gasteiger partial charge in [0.05, 0.1) is 0 Å². The van der Waals surface area contributed by atoms with Gasteiger partial charge in [0.1, 0.15) is 0 Å². The molecule has 1 saturated heterocycles. The second kappa shape index (κ2) is 8.13. The van der Waals surface area contributed by atoms with Crippen LogP contribution in [0.3, 0.4) is 0 Å². The zero-order valence-corrected chi connectivity index (χ0v) is 14.0. The Morgan fingerprint density at radius 2 is 1.85 bits per heavy atom. The predicted octanol–water partition coefficient (Wildman–Crippen LogP) is 2.67. The van der Waals surface area contributed by atoms with E-state index in [1.54, 1.807) is 0 Å². The van der Waals surface area contributed by atoms with E-state index in [1.807, 2.05) is 11.3 Å². The second-order valence-corrected chi connectivity index (χ2v) is 7.21. The fourth-order valence-corrected chi connectivity index (χ4v) is 3.55. The van der Waals surface area contributed by atoms with Crippen LogP contribution in [-0.4, -0.2) is 55.6 Å². The predicted molar refractivity (Wildman–Crippen MR) is 88.5 cm³/mol. The summed E-state index contributed by atoms with van der Waals surface area (Å²) in [4.78, 5) is 6.63. The number of piperazine rings is 1. The summed E-state index contributed by atoms with van der Waals surface area (Å²) < 4.78 is 0. The standard InChI is InChI=1S/C16H29N3S/c1-14(2)13-19-10-8-18(9-11-19)7-6-17-15(3)16-5-4-12-20-16/h4-5,12,14-15,17H,6-11,13H2,1-3H3. The quantitative estimate of drug-likeness (QED) is 0.834. The highest BCUT2D eigenvalue weighted by molar-refractivity contribution is 7.10. The van der Waals surface area contributed by atoms with E-state index in [2.05, 4.69) is 53.4 Å². The van der Waals surface area contributed by atoms with Gasteiger partial charge in [-0.3, -0.25) is 4.90 Å². The first-order valence-electron chi connectivity index (χ1n) is 7.86. The van der Waals surface area contributed by atoms with Crippen molar-refractivity contribution in [3.8, 4) is 0 Å². The van der Waals surface area contributed by atoms with Crippen LogP contribution < -0.4 is 5.32 Å².